The molecule has 5 fully saturated rings. The molecule has 1 aromatic rings. The number of rotatable bonds is 9. The van der Waals surface area contributed by atoms with Crippen LogP contribution < -0.4 is 5.32 Å². The average Bonchev–Trinajstić information content (AvgIpc) is 3.47. The number of amides is 1. The van der Waals surface area contributed by atoms with Gasteiger partial charge >= 0.3 is 7.12 Å². The number of hydrogen-bond acceptors (Lipinski definition) is 5. The van der Waals surface area contributed by atoms with Crippen LogP contribution in [0, 0.1) is 29.1 Å². The molecule has 2 heterocycles. The Balaban J connectivity index is 1.39. The van der Waals surface area contributed by atoms with Gasteiger partial charge in [0.15, 0.2) is 0 Å². The maximum Gasteiger partial charge on any atom is 0.478 e. The summed E-state index contributed by atoms with van der Waals surface area (Å²) in [7, 11) is -0.365. The maximum absolute atomic E-state index is 13.4. The van der Waals surface area contributed by atoms with Crippen LogP contribution in [0.25, 0.3) is 0 Å². The van der Waals surface area contributed by atoms with Crippen molar-refractivity contribution >= 4 is 36.2 Å². The number of carbonyl (C=O) groups is 1. The van der Waals surface area contributed by atoms with E-state index in [0.717, 1.165) is 25.7 Å². The molecule has 39 heavy (non-hydrogen) atoms. The molecule has 9 heteroatoms. The van der Waals surface area contributed by atoms with Crippen LogP contribution in [0.5, 0.6) is 0 Å². The van der Waals surface area contributed by atoms with Gasteiger partial charge in [-0.15, -0.1) is 0 Å². The van der Waals surface area contributed by atoms with Crippen LogP contribution in [0.4, 0.5) is 0 Å². The molecular formula is C30H45BCl2N2O4. The van der Waals surface area contributed by atoms with Crippen molar-refractivity contribution in [2.75, 3.05) is 6.61 Å². The fourth-order valence-corrected chi connectivity index (χ4v) is 8.22. The highest BCUT2D eigenvalue weighted by Gasteiger charge is 2.69. The minimum atomic E-state index is -0.365. The van der Waals surface area contributed by atoms with Crippen molar-refractivity contribution in [3.05, 3.63) is 33.8 Å². The highest BCUT2D eigenvalue weighted by molar-refractivity contribution is 6.47. The van der Waals surface area contributed by atoms with Gasteiger partial charge in [0.05, 0.1) is 40.9 Å². The number of benzene rings is 1. The minimum absolute atomic E-state index is 0.00851. The summed E-state index contributed by atoms with van der Waals surface area (Å²) < 4.78 is 13.7. The van der Waals surface area contributed by atoms with Crippen molar-refractivity contribution in [2.45, 2.75) is 110 Å². The van der Waals surface area contributed by atoms with E-state index in [2.05, 4.69) is 58.8 Å². The first-order chi connectivity index (χ1) is 18.3. The van der Waals surface area contributed by atoms with Crippen LogP contribution in [0.1, 0.15) is 90.9 Å². The Hall–Kier alpha value is -0.825. The quantitative estimate of drug-likeness (QED) is 0.325. The highest BCUT2D eigenvalue weighted by atomic mass is 35.5. The van der Waals surface area contributed by atoms with Gasteiger partial charge in [0, 0.05) is 11.1 Å². The average molecular weight is 579 g/mol. The van der Waals surface area contributed by atoms with Crippen molar-refractivity contribution in [3.8, 4) is 0 Å². The fraction of sp³-hybridized carbons (Fsp3) is 0.767. The predicted octanol–water partition coefficient (Wildman–Crippen LogP) is 6.83. The molecule has 2 bridgehead atoms. The van der Waals surface area contributed by atoms with Gasteiger partial charge in [-0.05, 0) is 86.3 Å². The topological polar surface area (TPSA) is 60.0 Å². The minimum Gasteiger partial charge on any atom is -0.404 e. The third kappa shape index (κ3) is 5.53. The highest BCUT2D eigenvalue weighted by Crippen LogP contribution is 2.66. The van der Waals surface area contributed by atoms with E-state index < -0.39 is 0 Å². The number of carbonyl (C=O) groups excluding carboxylic acids is 1. The summed E-state index contributed by atoms with van der Waals surface area (Å²) in [5.74, 6) is 1.73. The van der Waals surface area contributed by atoms with Gasteiger partial charge in [0.25, 0.3) is 5.91 Å². The Kier molecular flexibility index (Phi) is 8.45. The summed E-state index contributed by atoms with van der Waals surface area (Å²) in [5.41, 5.74) is 0.406. The number of hydrogen-bond donors (Lipinski definition) is 1. The second-order valence-electron chi connectivity index (χ2n) is 13.9. The molecule has 7 atom stereocenters. The molecule has 2 aliphatic heterocycles. The molecule has 0 radical (unpaired) electrons. The van der Waals surface area contributed by atoms with Crippen molar-refractivity contribution < 1.29 is 18.9 Å². The Morgan fingerprint density at radius 3 is 2.51 bits per heavy atom. The van der Waals surface area contributed by atoms with Crippen LogP contribution in [0.15, 0.2) is 18.2 Å². The lowest BCUT2D eigenvalue weighted by Gasteiger charge is -2.64. The maximum atomic E-state index is 13.4. The first-order valence-corrected chi connectivity index (χ1v) is 15.6. The number of hydroxylamine groups is 2. The van der Waals surface area contributed by atoms with E-state index in [4.69, 9.17) is 37.3 Å². The summed E-state index contributed by atoms with van der Waals surface area (Å²) in [5, 5.41) is 6.30. The summed E-state index contributed by atoms with van der Waals surface area (Å²) in [6.45, 7) is 16.5. The monoisotopic (exact) mass is 578 g/mol. The van der Waals surface area contributed by atoms with Gasteiger partial charge in [0.1, 0.15) is 0 Å². The van der Waals surface area contributed by atoms with E-state index in [-0.39, 0.29) is 48.2 Å². The van der Waals surface area contributed by atoms with E-state index in [1.807, 2.05) is 0 Å². The van der Waals surface area contributed by atoms with Gasteiger partial charge in [-0.25, -0.2) is 0 Å². The molecule has 0 aromatic heterocycles. The third-order valence-corrected chi connectivity index (χ3v) is 10.5. The Bertz CT molecular complexity index is 1070. The standard InChI is InChI=1S/C30H45BCl2N2O4/c1-17(2)12-23(34-28(36)21-16-20(32)8-9-22(21)33)24-10-11-37-35(24)27(13-18(3)4)31-38-26-15-19-14-25(29(19,5)6)30(26,7)39-31/h8-9,16-19,23-27H,10-15H2,1-7H3,(H,34,36)/t19-,23-,24?,25-,26+,27-,30-/m0/s1. The van der Waals surface area contributed by atoms with Crippen LogP contribution >= 0.6 is 23.2 Å². The van der Waals surface area contributed by atoms with Gasteiger partial charge < -0.3 is 14.6 Å². The Morgan fingerprint density at radius 1 is 1.13 bits per heavy atom. The predicted molar refractivity (Wildman–Crippen MR) is 157 cm³/mol. The molecule has 1 unspecified atom stereocenters. The summed E-state index contributed by atoms with van der Waals surface area (Å²) in [6, 6.07) is 4.85. The number of halogens is 2. The number of nitrogens with zero attached hydrogens (tertiary/aromatic N) is 1. The second kappa shape index (κ2) is 11.1. The van der Waals surface area contributed by atoms with Crippen molar-refractivity contribution in [1.29, 1.82) is 0 Å². The molecule has 5 aliphatic rings. The van der Waals surface area contributed by atoms with E-state index in [0.29, 0.717) is 45.9 Å². The zero-order valence-electron chi connectivity index (χ0n) is 24.5. The first-order valence-electron chi connectivity index (χ1n) is 14.8. The Labute approximate surface area is 244 Å². The molecule has 1 amide bonds. The molecule has 3 saturated carbocycles. The molecule has 0 spiro atoms. The smallest absolute Gasteiger partial charge is 0.404 e. The van der Waals surface area contributed by atoms with Crippen LogP contribution in [-0.2, 0) is 14.1 Å². The summed E-state index contributed by atoms with van der Waals surface area (Å²) in [4.78, 5) is 19.8. The zero-order chi connectivity index (χ0) is 28.3. The lowest BCUT2D eigenvalue weighted by atomic mass is 9.43. The van der Waals surface area contributed by atoms with Gasteiger partial charge in [-0.1, -0.05) is 64.7 Å². The Morgan fingerprint density at radius 2 is 1.85 bits per heavy atom. The molecule has 2 saturated heterocycles. The van der Waals surface area contributed by atoms with E-state index in [1.165, 1.54) is 6.42 Å². The summed E-state index contributed by atoms with van der Waals surface area (Å²) >= 11 is 12.6. The van der Waals surface area contributed by atoms with Crippen LogP contribution in [0.2, 0.25) is 10.0 Å². The molecule has 3 aliphatic carbocycles. The lowest BCUT2D eigenvalue weighted by molar-refractivity contribution is -0.200. The largest absolute Gasteiger partial charge is 0.478 e. The van der Waals surface area contributed by atoms with Gasteiger partial charge in [-0.3, -0.25) is 9.63 Å². The van der Waals surface area contributed by atoms with Crippen LogP contribution in [-0.4, -0.2) is 54.4 Å². The first kappa shape index (κ1) is 29.7. The normalized spacial score (nSPS) is 33.3. The third-order valence-electron chi connectivity index (χ3n) is 9.98. The van der Waals surface area contributed by atoms with E-state index >= 15 is 0 Å². The van der Waals surface area contributed by atoms with Gasteiger partial charge in [-0.2, -0.15) is 5.06 Å². The lowest BCUT2D eigenvalue weighted by Crippen LogP contribution is -2.65. The zero-order valence-corrected chi connectivity index (χ0v) is 26.0. The molecule has 216 valence electrons. The number of nitrogens with one attached hydrogen (secondary N) is 1. The van der Waals surface area contributed by atoms with Crippen molar-refractivity contribution in [2.24, 2.45) is 29.1 Å². The molecular weight excluding hydrogens is 534 g/mol. The van der Waals surface area contributed by atoms with E-state index in [1.54, 1.807) is 18.2 Å². The van der Waals surface area contributed by atoms with Gasteiger partial charge in [0.2, 0.25) is 0 Å². The molecule has 1 aromatic carbocycles. The van der Waals surface area contributed by atoms with Crippen molar-refractivity contribution in [1.82, 2.24) is 10.4 Å². The molecule has 1 N–H and O–H groups in total. The SMILES string of the molecule is CC(C)C[C@H](NC(=O)c1cc(Cl)ccc1Cl)C1CCON1[C@@H](CC(C)C)B1O[C@@H]2C[C@@H]3C[C@@H](C3(C)C)[C@]2(C)O1. The van der Waals surface area contributed by atoms with E-state index in [9.17, 15) is 4.79 Å². The fourth-order valence-electron chi connectivity index (χ4n) is 7.84. The second-order valence-corrected chi connectivity index (χ2v) is 14.8. The van der Waals surface area contributed by atoms with Crippen LogP contribution in [0.3, 0.4) is 0 Å². The van der Waals surface area contributed by atoms with Crippen molar-refractivity contribution in [3.63, 3.8) is 0 Å². The molecule has 6 rings (SSSR count). The molecule has 6 nitrogen and oxygen atoms in total. The summed E-state index contributed by atoms with van der Waals surface area (Å²) in [6.07, 6.45) is 4.91.